The molecule has 0 spiro atoms. The van der Waals surface area contributed by atoms with Crippen molar-refractivity contribution in [2.45, 2.75) is 41.3 Å². The molecule has 4 rings (SSSR count). The fourth-order valence-corrected chi connectivity index (χ4v) is 5.38. The van der Waals surface area contributed by atoms with Crippen molar-refractivity contribution in [3.63, 3.8) is 0 Å². The monoisotopic (exact) mass is 463 g/mol. The number of halogens is 6. The highest BCUT2D eigenvalue weighted by atomic mass is 32.2. The minimum absolute atomic E-state index is 0.00873. The molecule has 2 aliphatic rings. The summed E-state index contributed by atoms with van der Waals surface area (Å²) >= 11 is 0. The van der Waals surface area contributed by atoms with Gasteiger partial charge >= 0.3 is 5.51 Å². The predicted molar refractivity (Wildman–Crippen MR) is 103 cm³/mol. The summed E-state index contributed by atoms with van der Waals surface area (Å²) in [5.74, 6) is -1.91. The topological polar surface area (TPSA) is 57.6 Å². The third-order valence-corrected chi connectivity index (χ3v) is 7.40. The third-order valence-electron chi connectivity index (χ3n) is 5.86. The normalized spacial score (nSPS) is 23.6. The number of anilines is 2. The Labute approximate surface area is 174 Å². The van der Waals surface area contributed by atoms with Crippen molar-refractivity contribution in [3.8, 4) is 0 Å². The van der Waals surface area contributed by atoms with Gasteiger partial charge in [-0.1, -0.05) is 0 Å². The number of nitrogens with zero attached hydrogens (tertiary/aromatic N) is 1. The fraction of sp³-hybridized carbons (Fsp3) is 0.368. The lowest BCUT2D eigenvalue weighted by molar-refractivity contribution is -0.0437. The SMILES string of the molecule is B[C@@H]1CCN(c2ccc(S(=O)(=O)C(F)(F)F)c3c2C[C@@H](F)[C@H]3O)c2c(F)cc(F)cc21. The number of benzene rings is 2. The molecule has 2 aromatic rings. The minimum atomic E-state index is -5.86. The van der Waals surface area contributed by atoms with Gasteiger partial charge in [0, 0.05) is 30.3 Å². The molecule has 0 aromatic heterocycles. The van der Waals surface area contributed by atoms with Crippen molar-refractivity contribution in [1.82, 2.24) is 0 Å². The lowest BCUT2D eigenvalue weighted by Crippen LogP contribution is -2.30. The number of aliphatic hydroxyl groups is 1. The molecule has 0 saturated carbocycles. The van der Waals surface area contributed by atoms with Crippen LogP contribution in [-0.4, -0.2) is 39.6 Å². The maximum atomic E-state index is 14.7. The summed E-state index contributed by atoms with van der Waals surface area (Å²) in [4.78, 5) is 0.147. The van der Waals surface area contributed by atoms with Gasteiger partial charge in [-0.25, -0.2) is 21.6 Å². The van der Waals surface area contributed by atoms with Crippen molar-refractivity contribution < 1.29 is 39.9 Å². The number of aliphatic hydroxyl groups excluding tert-OH is 1. The van der Waals surface area contributed by atoms with Gasteiger partial charge in [0.2, 0.25) is 0 Å². The molecule has 0 unspecified atom stereocenters. The zero-order valence-corrected chi connectivity index (χ0v) is 16.9. The van der Waals surface area contributed by atoms with Crippen LogP contribution in [0.5, 0.6) is 0 Å². The van der Waals surface area contributed by atoms with Gasteiger partial charge in [0.05, 0.1) is 10.6 Å². The molecular formula is C19H16BF6NO3S. The Hall–Kier alpha value is -2.21. The van der Waals surface area contributed by atoms with Crippen LogP contribution >= 0.6 is 0 Å². The van der Waals surface area contributed by atoms with Crippen LogP contribution < -0.4 is 4.90 Å². The molecule has 12 heteroatoms. The van der Waals surface area contributed by atoms with Gasteiger partial charge < -0.3 is 10.0 Å². The Balaban J connectivity index is 1.96. The molecule has 1 N–H and O–H groups in total. The predicted octanol–water partition coefficient (Wildman–Crippen LogP) is 3.40. The molecule has 0 fully saturated rings. The van der Waals surface area contributed by atoms with E-state index in [0.29, 0.717) is 24.1 Å². The van der Waals surface area contributed by atoms with E-state index < -0.39 is 56.1 Å². The Bertz CT molecular complexity index is 1170. The number of hydrogen-bond acceptors (Lipinski definition) is 4. The maximum Gasteiger partial charge on any atom is 0.501 e. The molecule has 3 atom stereocenters. The Morgan fingerprint density at radius 1 is 1.16 bits per heavy atom. The Kier molecular flexibility index (Phi) is 5.08. The highest BCUT2D eigenvalue weighted by molar-refractivity contribution is 7.92. The van der Waals surface area contributed by atoms with Gasteiger partial charge in [-0.2, -0.15) is 13.2 Å². The number of rotatable bonds is 2. The zero-order chi connectivity index (χ0) is 22.9. The average molecular weight is 463 g/mol. The molecule has 166 valence electrons. The van der Waals surface area contributed by atoms with Gasteiger partial charge in [-0.3, -0.25) is 0 Å². The first-order valence-electron chi connectivity index (χ1n) is 9.40. The molecule has 0 saturated heterocycles. The molecular weight excluding hydrogens is 447 g/mol. The van der Waals surface area contributed by atoms with Crippen molar-refractivity contribution >= 4 is 29.1 Å². The summed E-state index contributed by atoms with van der Waals surface area (Å²) in [7, 11) is -4.09. The van der Waals surface area contributed by atoms with E-state index in [1.165, 1.54) is 4.90 Å². The lowest BCUT2D eigenvalue weighted by atomic mass is 9.75. The van der Waals surface area contributed by atoms with Gasteiger partial charge in [0.1, 0.15) is 31.8 Å². The molecule has 0 radical (unpaired) electrons. The largest absolute Gasteiger partial charge is 0.501 e. The van der Waals surface area contributed by atoms with E-state index in [0.717, 1.165) is 12.1 Å². The first kappa shape index (κ1) is 22.0. The molecule has 31 heavy (non-hydrogen) atoms. The molecule has 1 heterocycles. The maximum absolute atomic E-state index is 14.7. The van der Waals surface area contributed by atoms with E-state index in [4.69, 9.17) is 0 Å². The first-order chi connectivity index (χ1) is 14.3. The van der Waals surface area contributed by atoms with Crippen LogP contribution in [0.1, 0.15) is 35.0 Å². The molecule has 0 amide bonds. The number of sulfone groups is 1. The van der Waals surface area contributed by atoms with Crippen molar-refractivity contribution in [3.05, 3.63) is 52.6 Å². The standard InChI is InChI=1S/C19H16BF6NO3S/c20-11-3-4-27(17-9(11)5-8(21)6-12(17)22)14-1-2-15(31(29,30)19(24,25)26)16-10(14)7-13(23)18(16)28/h1-2,5-6,11,13,18,28H,3-4,7,20H2/t11-,13-,18-/m1/s1. The smallest absolute Gasteiger partial charge is 0.385 e. The van der Waals surface area contributed by atoms with Gasteiger partial charge in [-0.15, -0.1) is 0 Å². The Morgan fingerprint density at radius 2 is 1.84 bits per heavy atom. The van der Waals surface area contributed by atoms with Crippen molar-refractivity contribution in [1.29, 1.82) is 0 Å². The summed E-state index contributed by atoms with van der Waals surface area (Å²) in [5, 5.41) is 10.2. The van der Waals surface area contributed by atoms with Crippen LogP contribution in [-0.2, 0) is 16.3 Å². The van der Waals surface area contributed by atoms with Crippen LogP contribution in [0.2, 0.25) is 0 Å². The van der Waals surface area contributed by atoms with Gasteiger partial charge in [0.25, 0.3) is 9.84 Å². The summed E-state index contributed by atoms with van der Waals surface area (Å²) < 4.78 is 106. The molecule has 0 bridgehead atoms. The van der Waals surface area contributed by atoms with E-state index in [1.54, 1.807) is 7.85 Å². The lowest BCUT2D eigenvalue weighted by Gasteiger charge is -2.36. The van der Waals surface area contributed by atoms with E-state index in [2.05, 4.69) is 0 Å². The second-order valence-corrected chi connectivity index (χ2v) is 9.67. The zero-order valence-electron chi connectivity index (χ0n) is 16.0. The summed E-state index contributed by atoms with van der Waals surface area (Å²) in [6.45, 7) is 0.182. The second-order valence-electron chi connectivity index (χ2n) is 7.76. The van der Waals surface area contributed by atoms with Crippen LogP contribution in [0.25, 0.3) is 0 Å². The highest BCUT2D eigenvalue weighted by Crippen LogP contribution is 2.48. The van der Waals surface area contributed by atoms with Crippen LogP contribution in [0, 0.1) is 11.6 Å². The molecule has 4 nitrogen and oxygen atoms in total. The molecule has 2 aromatic carbocycles. The second kappa shape index (κ2) is 7.16. The van der Waals surface area contributed by atoms with E-state index in [1.807, 2.05) is 0 Å². The fourth-order valence-electron chi connectivity index (χ4n) is 4.35. The number of hydrogen-bond donors (Lipinski definition) is 1. The molecule has 1 aliphatic heterocycles. The van der Waals surface area contributed by atoms with Crippen molar-refractivity contribution in [2.24, 2.45) is 0 Å². The van der Waals surface area contributed by atoms with Crippen LogP contribution in [0.4, 0.5) is 37.7 Å². The number of alkyl halides is 4. The summed E-state index contributed by atoms with van der Waals surface area (Å²) in [6.07, 6.45) is -4.21. The summed E-state index contributed by atoms with van der Waals surface area (Å²) in [6, 6.07) is 3.52. The molecule has 1 aliphatic carbocycles. The van der Waals surface area contributed by atoms with Gasteiger partial charge in [-0.05, 0) is 41.6 Å². The minimum Gasteiger partial charge on any atom is -0.385 e. The van der Waals surface area contributed by atoms with E-state index >= 15 is 0 Å². The third kappa shape index (κ3) is 3.31. The van der Waals surface area contributed by atoms with Crippen molar-refractivity contribution in [2.75, 3.05) is 11.4 Å². The first-order valence-corrected chi connectivity index (χ1v) is 10.9. The number of fused-ring (bicyclic) bond motifs is 2. The summed E-state index contributed by atoms with van der Waals surface area (Å²) in [5.41, 5.74) is -6.06. The van der Waals surface area contributed by atoms with Crippen LogP contribution in [0.3, 0.4) is 0 Å². The van der Waals surface area contributed by atoms with E-state index in [-0.39, 0.29) is 29.3 Å². The Morgan fingerprint density at radius 3 is 2.48 bits per heavy atom. The van der Waals surface area contributed by atoms with Gasteiger partial charge in [0.15, 0.2) is 0 Å². The highest BCUT2D eigenvalue weighted by Gasteiger charge is 2.51. The quantitative estimate of drug-likeness (QED) is 0.548. The average Bonchev–Trinajstić information content (AvgIpc) is 2.96. The van der Waals surface area contributed by atoms with Crippen LogP contribution in [0.15, 0.2) is 29.2 Å². The van der Waals surface area contributed by atoms with E-state index in [9.17, 15) is 39.9 Å².